The summed E-state index contributed by atoms with van der Waals surface area (Å²) in [6.07, 6.45) is -2.25. The predicted octanol–water partition coefficient (Wildman–Crippen LogP) is 2.92. The van der Waals surface area contributed by atoms with Gasteiger partial charge in [-0.15, -0.1) is 0 Å². The monoisotopic (exact) mass is 293 g/mol. The van der Waals surface area contributed by atoms with Crippen LogP contribution in [0.3, 0.4) is 0 Å². The second-order valence-electron chi connectivity index (χ2n) is 6.03. The highest BCUT2D eigenvalue weighted by Gasteiger charge is 2.60. The van der Waals surface area contributed by atoms with Crippen molar-refractivity contribution in [3.63, 3.8) is 0 Å². The van der Waals surface area contributed by atoms with Crippen molar-refractivity contribution in [2.75, 3.05) is 19.8 Å². The van der Waals surface area contributed by atoms with Crippen LogP contribution in [0.25, 0.3) is 0 Å². The summed E-state index contributed by atoms with van der Waals surface area (Å²) in [6, 6.07) is 0. The summed E-state index contributed by atoms with van der Waals surface area (Å²) in [7, 11) is 0. The molecule has 1 aliphatic rings. The first-order valence-corrected chi connectivity index (χ1v) is 6.63. The van der Waals surface area contributed by atoms with Crippen molar-refractivity contribution in [1.82, 2.24) is 5.32 Å². The third kappa shape index (κ3) is 4.81. The highest BCUT2D eigenvalue weighted by molar-refractivity contribution is 5.83. The van der Waals surface area contributed by atoms with Crippen molar-refractivity contribution in [2.45, 2.75) is 33.9 Å². The van der Waals surface area contributed by atoms with Gasteiger partial charge in [0.15, 0.2) is 0 Å². The van der Waals surface area contributed by atoms with Crippen molar-refractivity contribution in [3.05, 3.63) is 11.6 Å². The molecule has 2 atom stereocenters. The molecule has 3 nitrogen and oxygen atoms in total. The van der Waals surface area contributed by atoms with E-state index in [1.807, 2.05) is 27.7 Å². The van der Waals surface area contributed by atoms with Gasteiger partial charge in [0, 0.05) is 6.54 Å². The second-order valence-corrected chi connectivity index (χ2v) is 6.03. The summed E-state index contributed by atoms with van der Waals surface area (Å²) in [6.45, 7) is 6.68. The maximum atomic E-state index is 12.0. The van der Waals surface area contributed by atoms with Crippen LogP contribution in [0.2, 0.25) is 0 Å². The Balaban J connectivity index is 2.29. The molecule has 0 aliphatic heterocycles. The van der Waals surface area contributed by atoms with Gasteiger partial charge in [0.25, 0.3) is 0 Å². The van der Waals surface area contributed by atoms with Gasteiger partial charge in [-0.05, 0) is 25.2 Å². The van der Waals surface area contributed by atoms with Crippen molar-refractivity contribution in [3.8, 4) is 0 Å². The number of hydrogen-bond donors (Lipinski definition) is 1. The standard InChI is InChI=1S/C14H22F3NO2/c1-9(2)7-10-11(13(10,3)4)12(19)18-5-6-20-8-14(15,16)17/h7,10-11H,5-6,8H2,1-4H3,(H,18,19). The number of hydrogen-bond acceptors (Lipinski definition) is 2. The van der Waals surface area contributed by atoms with Gasteiger partial charge < -0.3 is 10.1 Å². The molecule has 1 rings (SSSR count). The van der Waals surface area contributed by atoms with Crippen LogP contribution < -0.4 is 5.32 Å². The predicted molar refractivity (Wildman–Crippen MR) is 70.1 cm³/mol. The third-order valence-electron chi connectivity index (χ3n) is 3.52. The minimum absolute atomic E-state index is 0.0891. The molecule has 0 aromatic heterocycles. The van der Waals surface area contributed by atoms with Crippen LogP contribution in [-0.4, -0.2) is 31.8 Å². The fourth-order valence-corrected chi connectivity index (χ4v) is 2.39. The van der Waals surface area contributed by atoms with Crippen LogP contribution in [0.5, 0.6) is 0 Å². The molecule has 0 aromatic carbocycles. The molecule has 0 saturated heterocycles. The van der Waals surface area contributed by atoms with E-state index in [0.29, 0.717) is 0 Å². The maximum Gasteiger partial charge on any atom is 0.411 e. The summed E-state index contributed by atoms with van der Waals surface area (Å²) in [4.78, 5) is 12.0. The fourth-order valence-electron chi connectivity index (χ4n) is 2.39. The van der Waals surface area contributed by atoms with E-state index in [9.17, 15) is 18.0 Å². The normalized spacial score (nSPS) is 24.1. The maximum absolute atomic E-state index is 12.0. The number of amides is 1. The first kappa shape index (κ1) is 17.0. The Kier molecular flexibility index (Phi) is 5.24. The molecule has 1 saturated carbocycles. The number of carbonyl (C=O) groups is 1. The second kappa shape index (κ2) is 6.16. The van der Waals surface area contributed by atoms with Gasteiger partial charge in [0.1, 0.15) is 6.61 Å². The molecule has 0 heterocycles. The van der Waals surface area contributed by atoms with Crippen LogP contribution in [0.1, 0.15) is 27.7 Å². The third-order valence-corrected chi connectivity index (χ3v) is 3.52. The fraction of sp³-hybridized carbons (Fsp3) is 0.786. The van der Waals surface area contributed by atoms with E-state index < -0.39 is 12.8 Å². The average molecular weight is 293 g/mol. The summed E-state index contributed by atoms with van der Waals surface area (Å²) < 4.78 is 39.9. The first-order chi connectivity index (χ1) is 9.05. The summed E-state index contributed by atoms with van der Waals surface area (Å²) >= 11 is 0. The van der Waals surface area contributed by atoms with E-state index in [1.165, 1.54) is 0 Å². The van der Waals surface area contributed by atoms with E-state index in [2.05, 4.69) is 16.1 Å². The number of nitrogens with one attached hydrogen (secondary N) is 1. The van der Waals surface area contributed by atoms with Gasteiger partial charge in [-0.25, -0.2) is 0 Å². The Hall–Kier alpha value is -1.04. The molecule has 20 heavy (non-hydrogen) atoms. The quantitative estimate of drug-likeness (QED) is 0.604. The molecule has 0 bridgehead atoms. The minimum atomic E-state index is -4.32. The van der Waals surface area contributed by atoms with Gasteiger partial charge in [0.05, 0.1) is 12.5 Å². The van der Waals surface area contributed by atoms with E-state index in [4.69, 9.17) is 0 Å². The van der Waals surface area contributed by atoms with E-state index in [1.54, 1.807) is 0 Å². The average Bonchev–Trinajstić information content (AvgIpc) is 2.77. The van der Waals surface area contributed by atoms with Crippen molar-refractivity contribution in [2.24, 2.45) is 17.3 Å². The molecule has 1 fully saturated rings. The Morgan fingerprint density at radius 1 is 1.35 bits per heavy atom. The lowest BCUT2D eigenvalue weighted by atomic mass is 10.1. The zero-order chi connectivity index (χ0) is 15.6. The Morgan fingerprint density at radius 3 is 2.45 bits per heavy atom. The molecule has 0 radical (unpaired) electrons. The molecule has 2 unspecified atom stereocenters. The Bertz CT molecular complexity index is 384. The topological polar surface area (TPSA) is 38.3 Å². The van der Waals surface area contributed by atoms with Crippen LogP contribution in [0, 0.1) is 17.3 Å². The summed E-state index contributed by atoms with van der Waals surface area (Å²) in [5.41, 5.74) is 1.07. The smallest absolute Gasteiger partial charge is 0.370 e. The number of alkyl halides is 3. The molecule has 1 amide bonds. The molecular formula is C14H22F3NO2. The first-order valence-electron chi connectivity index (χ1n) is 6.63. The highest BCUT2D eigenvalue weighted by Crippen LogP contribution is 2.59. The molecule has 1 N–H and O–H groups in total. The van der Waals surface area contributed by atoms with Crippen molar-refractivity contribution < 1.29 is 22.7 Å². The largest absolute Gasteiger partial charge is 0.411 e. The lowest BCUT2D eigenvalue weighted by Gasteiger charge is -2.09. The number of carbonyl (C=O) groups excluding carboxylic acids is 1. The van der Waals surface area contributed by atoms with E-state index in [-0.39, 0.29) is 36.3 Å². The van der Waals surface area contributed by atoms with Crippen LogP contribution in [-0.2, 0) is 9.53 Å². The lowest BCUT2D eigenvalue weighted by Crippen LogP contribution is -2.31. The number of ether oxygens (including phenoxy) is 1. The van der Waals surface area contributed by atoms with E-state index in [0.717, 1.165) is 5.57 Å². The highest BCUT2D eigenvalue weighted by atomic mass is 19.4. The Labute approximate surface area is 117 Å². The molecule has 116 valence electrons. The van der Waals surface area contributed by atoms with Crippen LogP contribution >= 0.6 is 0 Å². The number of rotatable bonds is 6. The van der Waals surface area contributed by atoms with Gasteiger partial charge in [-0.1, -0.05) is 25.5 Å². The molecule has 0 spiro atoms. The SMILES string of the molecule is CC(C)=CC1C(C(=O)NCCOCC(F)(F)F)C1(C)C. The van der Waals surface area contributed by atoms with E-state index >= 15 is 0 Å². The minimum Gasteiger partial charge on any atom is -0.370 e. The Morgan fingerprint density at radius 2 is 1.95 bits per heavy atom. The van der Waals surface area contributed by atoms with Crippen LogP contribution in [0.15, 0.2) is 11.6 Å². The molecule has 0 aromatic rings. The summed E-state index contributed by atoms with van der Waals surface area (Å²) in [5, 5.41) is 2.63. The molecular weight excluding hydrogens is 271 g/mol. The van der Waals surface area contributed by atoms with Crippen LogP contribution in [0.4, 0.5) is 13.2 Å². The van der Waals surface area contributed by atoms with Crippen molar-refractivity contribution >= 4 is 5.91 Å². The van der Waals surface area contributed by atoms with Gasteiger partial charge in [-0.2, -0.15) is 13.2 Å². The summed E-state index contributed by atoms with van der Waals surface area (Å²) in [5.74, 6) is -0.0308. The van der Waals surface area contributed by atoms with Gasteiger partial charge in [0.2, 0.25) is 5.91 Å². The number of halogens is 3. The zero-order valence-electron chi connectivity index (χ0n) is 12.3. The zero-order valence-corrected chi connectivity index (χ0v) is 12.3. The molecule has 6 heteroatoms. The molecule has 1 aliphatic carbocycles. The van der Waals surface area contributed by atoms with Gasteiger partial charge >= 0.3 is 6.18 Å². The van der Waals surface area contributed by atoms with Crippen molar-refractivity contribution in [1.29, 1.82) is 0 Å². The van der Waals surface area contributed by atoms with Gasteiger partial charge in [-0.3, -0.25) is 4.79 Å². The number of allylic oxidation sites excluding steroid dienone is 2. The lowest BCUT2D eigenvalue weighted by molar-refractivity contribution is -0.173.